The second-order valence-electron chi connectivity index (χ2n) is 5.71. The third kappa shape index (κ3) is 2.45. The van der Waals surface area contributed by atoms with Crippen LogP contribution in [0.4, 0.5) is 0 Å². The van der Waals surface area contributed by atoms with Gasteiger partial charge in [0.2, 0.25) is 5.91 Å². The smallest absolute Gasteiger partial charge is 0.223 e. The van der Waals surface area contributed by atoms with Crippen LogP contribution >= 0.6 is 0 Å². The number of aryl methyl sites for hydroxylation is 1. The first kappa shape index (κ1) is 13.2. The number of nitrogens with zero attached hydrogens (tertiary/aromatic N) is 1. The summed E-state index contributed by atoms with van der Waals surface area (Å²) in [4.78, 5) is 11.8. The molecule has 0 saturated heterocycles. The lowest BCUT2D eigenvalue weighted by atomic mass is 9.85. The Bertz CT molecular complexity index is 442. The number of nitrogens with one attached hydrogen (secondary N) is 1. The summed E-state index contributed by atoms with van der Waals surface area (Å²) in [6, 6.07) is 2.66. The standard InChI is InChI=1S/C15H24N2O/c1-10(2)17-11(3)8-14(12(17)4)9-16-15(18)13-6-5-7-13/h8,10,13H,5-7,9H2,1-4H3,(H,16,18). The first-order valence-electron chi connectivity index (χ1n) is 6.95. The van der Waals surface area contributed by atoms with Crippen molar-refractivity contribution < 1.29 is 4.79 Å². The maximum absolute atomic E-state index is 11.8. The van der Waals surface area contributed by atoms with Crippen LogP contribution in [-0.2, 0) is 11.3 Å². The van der Waals surface area contributed by atoms with Gasteiger partial charge in [0.1, 0.15) is 0 Å². The number of amides is 1. The topological polar surface area (TPSA) is 34.0 Å². The van der Waals surface area contributed by atoms with Crippen LogP contribution in [0.15, 0.2) is 6.07 Å². The molecule has 1 heterocycles. The molecule has 1 saturated carbocycles. The van der Waals surface area contributed by atoms with E-state index < -0.39 is 0 Å². The average Bonchev–Trinajstić information content (AvgIpc) is 2.48. The van der Waals surface area contributed by atoms with Gasteiger partial charge < -0.3 is 9.88 Å². The van der Waals surface area contributed by atoms with E-state index >= 15 is 0 Å². The van der Waals surface area contributed by atoms with Crippen LogP contribution in [-0.4, -0.2) is 10.5 Å². The zero-order valence-corrected chi connectivity index (χ0v) is 11.9. The van der Waals surface area contributed by atoms with Gasteiger partial charge in [-0.15, -0.1) is 0 Å². The summed E-state index contributed by atoms with van der Waals surface area (Å²) in [5, 5.41) is 3.07. The van der Waals surface area contributed by atoms with Crippen LogP contribution < -0.4 is 5.32 Å². The third-order valence-electron chi connectivity index (χ3n) is 4.03. The summed E-state index contributed by atoms with van der Waals surface area (Å²) in [6.07, 6.45) is 3.34. The van der Waals surface area contributed by atoms with Gasteiger partial charge in [-0.2, -0.15) is 0 Å². The normalized spacial score (nSPS) is 15.8. The highest BCUT2D eigenvalue weighted by molar-refractivity contribution is 5.79. The molecule has 18 heavy (non-hydrogen) atoms. The van der Waals surface area contributed by atoms with Gasteiger partial charge >= 0.3 is 0 Å². The van der Waals surface area contributed by atoms with E-state index in [-0.39, 0.29) is 11.8 Å². The molecule has 1 amide bonds. The minimum atomic E-state index is 0.232. The number of rotatable bonds is 4. The molecular weight excluding hydrogens is 224 g/mol. The van der Waals surface area contributed by atoms with Crippen molar-refractivity contribution in [1.82, 2.24) is 9.88 Å². The first-order valence-corrected chi connectivity index (χ1v) is 6.95. The van der Waals surface area contributed by atoms with Gasteiger partial charge in [-0.1, -0.05) is 6.42 Å². The zero-order valence-electron chi connectivity index (χ0n) is 11.9. The van der Waals surface area contributed by atoms with E-state index in [1.807, 2.05) is 0 Å². The molecule has 0 unspecified atom stereocenters. The lowest BCUT2D eigenvalue weighted by Gasteiger charge is -2.24. The molecule has 1 N–H and O–H groups in total. The Labute approximate surface area is 110 Å². The molecule has 3 heteroatoms. The van der Waals surface area contributed by atoms with Gasteiger partial charge in [0.25, 0.3) is 0 Å². The van der Waals surface area contributed by atoms with E-state index in [1.165, 1.54) is 23.4 Å². The van der Waals surface area contributed by atoms with Gasteiger partial charge in [-0.05, 0) is 52.2 Å². The highest BCUT2D eigenvalue weighted by atomic mass is 16.1. The van der Waals surface area contributed by atoms with Crippen molar-refractivity contribution in [3.05, 3.63) is 23.0 Å². The van der Waals surface area contributed by atoms with Gasteiger partial charge in [0.05, 0.1) is 0 Å². The third-order valence-corrected chi connectivity index (χ3v) is 4.03. The summed E-state index contributed by atoms with van der Waals surface area (Å²) < 4.78 is 2.32. The molecule has 3 nitrogen and oxygen atoms in total. The van der Waals surface area contributed by atoms with Crippen LogP contribution in [0.1, 0.15) is 56.1 Å². The van der Waals surface area contributed by atoms with Gasteiger partial charge in [0.15, 0.2) is 0 Å². The Morgan fingerprint density at radius 1 is 1.44 bits per heavy atom. The minimum Gasteiger partial charge on any atom is -0.352 e. The van der Waals surface area contributed by atoms with E-state index in [9.17, 15) is 4.79 Å². The molecule has 2 rings (SSSR count). The Morgan fingerprint density at radius 3 is 2.56 bits per heavy atom. The Morgan fingerprint density at radius 2 is 2.11 bits per heavy atom. The molecular formula is C15H24N2O. The fourth-order valence-electron chi connectivity index (χ4n) is 2.82. The molecule has 0 aromatic carbocycles. The summed E-state index contributed by atoms with van der Waals surface area (Å²) >= 11 is 0. The molecule has 0 bridgehead atoms. The molecule has 1 fully saturated rings. The van der Waals surface area contributed by atoms with Crippen molar-refractivity contribution in [3.63, 3.8) is 0 Å². The number of hydrogen-bond acceptors (Lipinski definition) is 1. The van der Waals surface area contributed by atoms with Crippen molar-refractivity contribution in [1.29, 1.82) is 0 Å². The van der Waals surface area contributed by atoms with Crippen LogP contribution in [0.5, 0.6) is 0 Å². The number of aromatic nitrogens is 1. The van der Waals surface area contributed by atoms with Gasteiger partial charge in [0, 0.05) is 29.9 Å². The Balaban J connectivity index is 2.01. The maximum atomic E-state index is 11.8. The summed E-state index contributed by atoms with van der Waals surface area (Å²) in [7, 11) is 0. The monoisotopic (exact) mass is 248 g/mol. The lowest BCUT2D eigenvalue weighted by molar-refractivity contribution is -0.127. The number of carbonyl (C=O) groups is 1. The molecule has 1 aromatic rings. The van der Waals surface area contributed by atoms with Gasteiger partial charge in [-0.3, -0.25) is 4.79 Å². The molecule has 0 atom stereocenters. The fourth-order valence-corrected chi connectivity index (χ4v) is 2.82. The largest absolute Gasteiger partial charge is 0.352 e. The quantitative estimate of drug-likeness (QED) is 0.873. The highest BCUT2D eigenvalue weighted by Gasteiger charge is 2.25. The van der Waals surface area contributed by atoms with Crippen LogP contribution in [0, 0.1) is 19.8 Å². The van der Waals surface area contributed by atoms with Crippen molar-refractivity contribution in [2.24, 2.45) is 5.92 Å². The van der Waals surface area contributed by atoms with Crippen LogP contribution in [0.25, 0.3) is 0 Å². The van der Waals surface area contributed by atoms with E-state index in [0.29, 0.717) is 12.6 Å². The summed E-state index contributed by atoms with van der Waals surface area (Å²) in [5.41, 5.74) is 3.79. The number of carbonyl (C=O) groups excluding carboxylic acids is 1. The Kier molecular flexibility index (Phi) is 3.79. The molecule has 1 aliphatic rings. The van der Waals surface area contributed by atoms with Crippen molar-refractivity contribution >= 4 is 5.91 Å². The SMILES string of the molecule is Cc1cc(CNC(=O)C2CCC2)c(C)n1C(C)C. The Hall–Kier alpha value is -1.25. The molecule has 0 aliphatic heterocycles. The molecule has 1 aliphatic carbocycles. The first-order chi connectivity index (χ1) is 8.50. The van der Waals surface area contributed by atoms with Gasteiger partial charge in [-0.25, -0.2) is 0 Å². The van der Waals surface area contributed by atoms with Crippen molar-refractivity contribution in [3.8, 4) is 0 Å². The van der Waals surface area contributed by atoms with Crippen LogP contribution in [0.2, 0.25) is 0 Å². The van der Waals surface area contributed by atoms with Crippen molar-refractivity contribution in [2.75, 3.05) is 0 Å². The van der Waals surface area contributed by atoms with E-state index in [1.54, 1.807) is 0 Å². The van der Waals surface area contributed by atoms with Crippen LogP contribution in [0.3, 0.4) is 0 Å². The van der Waals surface area contributed by atoms with E-state index in [4.69, 9.17) is 0 Å². The lowest BCUT2D eigenvalue weighted by Crippen LogP contribution is -2.34. The van der Waals surface area contributed by atoms with Crippen molar-refractivity contribution in [2.45, 2.75) is 59.5 Å². The minimum absolute atomic E-state index is 0.232. The predicted octanol–water partition coefficient (Wildman–Crippen LogP) is 3.10. The molecule has 1 aromatic heterocycles. The van der Waals surface area contributed by atoms with E-state index in [2.05, 4.69) is 43.6 Å². The number of hydrogen-bond donors (Lipinski definition) is 1. The summed E-state index contributed by atoms with van der Waals surface area (Å²) in [6.45, 7) is 9.32. The predicted molar refractivity (Wildman–Crippen MR) is 73.5 cm³/mol. The maximum Gasteiger partial charge on any atom is 0.223 e. The second kappa shape index (κ2) is 5.17. The second-order valence-corrected chi connectivity index (χ2v) is 5.71. The van der Waals surface area contributed by atoms with E-state index in [0.717, 1.165) is 12.8 Å². The fraction of sp³-hybridized carbons (Fsp3) is 0.667. The molecule has 100 valence electrons. The molecule has 0 spiro atoms. The summed E-state index contributed by atoms with van der Waals surface area (Å²) in [5.74, 6) is 0.509. The molecule has 0 radical (unpaired) electrons. The average molecular weight is 248 g/mol. The zero-order chi connectivity index (χ0) is 13.3. The highest BCUT2D eigenvalue weighted by Crippen LogP contribution is 2.26.